The Morgan fingerprint density at radius 2 is 2.04 bits per heavy atom. The highest BCUT2D eigenvalue weighted by Gasteiger charge is 2.13. The first-order chi connectivity index (χ1) is 13.0. The van der Waals surface area contributed by atoms with Crippen molar-refractivity contribution in [3.8, 4) is 22.1 Å². The van der Waals surface area contributed by atoms with Crippen molar-refractivity contribution in [3.63, 3.8) is 0 Å². The zero-order valence-corrected chi connectivity index (χ0v) is 16.6. The third kappa shape index (κ3) is 4.40. The minimum absolute atomic E-state index is 0.0642. The number of methoxy groups -OCH3 is 2. The van der Waals surface area contributed by atoms with Crippen LogP contribution in [0.2, 0.25) is 5.15 Å². The van der Waals surface area contributed by atoms with Gasteiger partial charge in [-0.25, -0.2) is 9.97 Å². The average Bonchev–Trinajstić information content (AvgIpc) is 3.27. The summed E-state index contributed by atoms with van der Waals surface area (Å²) in [6.45, 7) is 0.0642. The maximum absolute atomic E-state index is 12.1. The van der Waals surface area contributed by atoms with Gasteiger partial charge in [0, 0.05) is 18.0 Å². The summed E-state index contributed by atoms with van der Waals surface area (Å²) in [6, 6.07) is 5.57. The summed E-state index contributed by atoms with van der Waals surface area (Å²) in [4.78, 5) is 20.7. The molecule has 142 valence electrons. The number of hydrogen-bond donors (Lipinski definition) is 0. The fraction of sp³-hybridized carbons (Fsp3) is 0.278. The van der Waals surface area contributed by atoms with Crippen molar-refractivity contribution in [3.05, 3.63) is 46.4 Å². The molecule has 0 bridgehead atoms. The molecule has 27 heavy (non-hydrogen) atoms. The maximum Gasteiger partial charge on any atom is 0.312 e. The number of carbonyl (C=O) groups is 1. The predicted octanol–water partition coefficient (Wildman–Crippen LogP) is 3.50. The fourth-order valence-electron chi connectivity index (χ4n) is 2.39. The first-order valence-electron chi connectivity index (χ1n) is 8.00. The Balaban J connectivity index is 1.63. The van der Waals surface area contributed by atoms with E-state index in [2.05, 4.69) is 9.97 Å². The van der Waals surface area contributed by atoms with E-state index in [9.17, 15) is 4.79 Å². The lowest BCUT2D eigenvalue weighted by molar-refractivity contribution is -0.144. The summed E-state index contributed by atoms with van der Waals surface area (Å²) in [5.74, 6) is 1.48. The van der Waals surface area contributed by atoms with Crippen LogP contribution >= 0.6 is 22.9 Å². The summed E-state index contributed by atoms with van der Waals surface area (Å²) < 4.78 is 17.5. The van der Waals surface area contributed by atoms with E-state index >= 15 is 0 Å². The number of benzene rings is 1. The smallest absolute Gasteiger partial charge is 0.312 e. The molecule has 3 rings (SSSR count). The Kier molecular flexibility index (Phi) is 5.98. The van der Waals surface area contributed by atoms with Gasteiger partial charge in [0.1, 0.15) is 22.6 Å². The van der Waals surface area contributed by atoms with E-state index < -0.39 is 0 Å². The Morgan fingerprint density at radius 1 is 1.26 bits per heavy atom. The van der Waals surface area contributed by atoms with Gasteiger partial charge in [-0.15, -0.1) is 11.3 Å². The maximum atomic E-state index is 12.1. The van der Waals surface area contributed by atoms with Gasteiger partial charge in [-0.2, -0.15) is 0 Å². The van der Waals surface area contributed by atoms with Gasteiger partial charge in [0.25, 0.3) is 0 Å². The third-order valence-electron chi connectivity index (χ3n) is 3.90. The van der Waals surface area contributed by atoms with Crippen molar-refractivity contribution < 1.29 is 19.0 Å². The van der Waals surface area contributed by atoms with Crippen molar-refractivity contribution in [2.75, 3.05) is 14.2 Å². The summed E-state index contributed by atoms with van der Waals surface area (Å²) in [5.41, 5.74) is 1.53. The highest BCUT2D eigenvalue weighted by molar-refractivity contribution is 7.13. The second-order valence-corrected chi connectivity index (χ2v) is 6.85. The molecule has 0 radical (unpaired) electrons. The van der Waals surface area contributed by atoms with Crippen LogP contribution in [0.25, 0.3) is 10.6 Å². The van der Waals surface area contributed by atoms with Crippen LogP contribution in [0.4, 0.5) is 0 Å². The number of nitrogens with zero attached hydrogens (tertiary/aromatic N) is 3. The van der Waals surface area contributed by atoms with Gasteiger partial charge in [-0.1, -0.05) is 11.6 Å². The van der Waals surface area contributed by atoms with Gasteiger partial charge in [0.05, 0.1) is 32.5 Å². The standard InChI is InChI=1S/C18H18ClN3O4S/c1-22-15(19)8-20-16(22)9-26-17(23)7-12-10-27-18(21-12)11-4-5-13(24-2)14(6-11)25-3/h4-6,8,10H,7,9H2,1-3H3. The van der Waals surface area contributed by atoms with Crippen LogP contribution < -0.4 is 9.47 Å². The van der Waals surface area contributed by atoms with Gasteiger partial charge in [-0.05, 0) is 18.2 Å². The van der Waals surface area contributed by atoms with Crippen LogP contribution in [0, 0.1) is 0 Å². The van der Waals surface area contributed by atoms with E-state index in [4.69, 9.17) is 25.8 Å². The van der Waals surface area contributed by atoms with Crippen LogP contribution in [-0.4, -0.2) is 34.7 Å². The minimum atomic E-state index is -0.377. The Morgan fingerprint density at radius 3 is 2.70 bits per heavy atom. The molecule has 0 atom stereocenters. The van der Waals surface area contributed by atoms with E-state index in [-0.39, 0.29) is 19.0 Å². The van der Waals surface area contributed by atoms with Crippen LogP contribution in [0.5, 0.6) is 11.5 Å². The molecule has 3 aromatic rings. The molecule has 0 amide bonds. The number of ether oxygens (including phenoxy) is 3. The number of hydrogen-bond acceptors (Lipinski definition) is 7. The van der Waals surface area contributed by atoms with E-state index in [1.165, 1.54) is 17.5 Å². The Hall–Kier alpha value is -2.58. The molecular formula is C18H18ClN3O4S. The lowest BCUT2D eigenvalue weighted by atomic mass is 10.2. The summed E-state index contributed by atoms with van der Waals surface area (Å²) in [5, 5.41) is 3.11. The van der Waals surface area contributed by atoms with Crippen molar-refractivity contribution in [1.29, 1.82) is 0 Å². The van der Waals surface area contributed by atoms with Gasteiger partial charge in [0.15, 0.2) is 11.5 Å². The number of aromatic nitrogens is 3. The highest BCUT2D eigenvalue weighted by Crippen LogP contribution is 2.33. The number of halogens is 1. The quantitative estimate of drug-likeness (QED) is 0.558. The molecule has 0 saturated carbocycles. The average molecular weight is 408 g/mol. The van der Waals surface area contributed by atoms with Gasteiger partial charge >= 0.3 is 5.97 Å². The second-order valence-electron chi connectivity index (χ2n) is 5.61. The predicted molar refractivity (Wildman–Crippen MR) is 102 cm³/mol. The molecule has 2 aromatic heterocycles. The zero-order chi connectivity index (χ0) is 19.4. The zero-order valence-electron chi connectivity index (χ0n) is 15.1. The molecule has 0 aliphatic rings. The van der Waals surface area contributed by atoms with Gasteiger partial charge in [-0.3, -0.25) is 4.79 Å². The van der Waals surface area contributed by atoms with Crippen LogP contribution in [0.1, 0.15) is 11.5 Å². The molecule has 0 aliphatic carbocycles. The molecule has 0 aliphatic heterocycles. The Labute approximate surface area is 165 Å². The monoisotopic (exact) mass is 407 g/mol. The second kappa shape index (κ2) is 8.41. The van der Waals surface area contributed by atoms with Crippen molar-refractivity contribution in [2.24, 2.45) is 7.05 Å². The molecule has 1 aromatic carbocycles. The van der Waals surface area contributed by atoms with Gasteiger partial charge < -0.3 is 18.8 Å². The van der Waals surface area contributed by atoms with Gasteiger partial charge in [0.2, 0.25) is 0 Å². The molecule has 0 spiro atoms. The number of carbonyl (C=O) groups excluding carboxylic acids is 1. The van der Waals surface area contributed by atoms with Crippen molar-refractivity contribution in [1.82, 2.24) is 14.5 Å². The number of esters is 1. The number of thiazole rings is 1. The van der Waals surface area contributed by atoms with Crippen LogP contribution in [0.3, 0.4) is 0 Å². The molecule has 7 nitrogen and oxygen atoms in total. The fourth-order valence-corrected chi connectivity index (χ4v) is 3.36. The molecule has 2 heterocycles. The van der Waals surface area contributed by atoms with E-state index in [0.29, 0.717) is 28.2 Å². The first-order valence-corrected chi connectivity index (χ1v) is 9.26. The first kappa shape index (κ1) is 19.2. The van der Waals surface area contributed by atoms with E-state index in [0.717, 1.165) is 10.6 Å². The molecule has 0 unspecified atom stereocenters. The summed E-state index contributed by atoms with van der Waals surface area (Å²) >= 11 is 7.36. The lowest BCUT2D eigenvalue weighted by Gasteiger charge is -2.08. The highest BCUT2D eigenvalue weighted by atomic mass is 35.5. The van der Waals surface area contributed by atoms with E-state index in [1.807, 2.05) is 23.6 Å². The van der Waals surface area contributed by atoms with Crippen LogP contribution in [0.15, 0.2) is 29.8 Å². The Bertz CT molecular complexity index is 954. The molecular weight excluding hydrogens is 390 g/mol. The molecule has 0 saturated heterocycles. The largest absolute Gasteiger partial charge is 0.493 e. The molecule has 0 N–H and O–H groups in total. The van der Waals surface area contributed by atoms with Crippen molar-refractivity contribution >= 4 is 28.9 Å². The molecule has 9 heteroatoms. The molecule has 0 fully saturated rings. The minimum Gasteiger partial charge on any atom is -0.493 e. The third-order valence-corrected chi connectivity index (χ3v) is 5.19. The summed E-state index contributed by atoms with van der Waals surface area (Å²) in [7, 11) is 4.93. The topological polar surface area (TPSA) is 75.5 Å². The summed E-state index contributed by atoms with van der Waals surface area (Å²) in [6.07, 6.45) is 1.60. The van der Waals surface area contributed by atoms with Crippen molar-refractivity contribution in [2.45, 2.75) is 13.0 Å². The number of rotatable bonds is 7. The van der Waals surface area contributed by atoms with E-state index in [1.54, 1.807) is 25.8 Å². The normalized spacial score (nSPS) is 10.7. The SMILES string of the molecule is COc1ccc(-c2nc(CC(=O)OCc3ncc(Cl)n3C)cs2)cc1OC. The lowest BCUT2D eigenvalue weighted by Crippen LogP contribution is -2.10. The number of imidazole rings is 1. The van der Waals surface area contributed by atoms with Crippen LogP contribution in [-0.2, 0) is 29.6 Å².